The Bertz CT molecular complexity index is 909. The third-order valence-corrected chi connectivity index (χ3v) is 6.27. The molecule has 0 unspecified atom stereocenters. The molecule has 0 fully saturated rings. The van der Waals surface area contributed by atoms with Crippen molar-refractivity contribution in [3.8, 4) is 9.88 Å². The predicted molar refractivity (Wildman–Crippen MR) is 100 cm³/mol. The summed E-state index contributed by atoms with van der Waals surface area (Å²) in [7, 11) is 0. The lowest BCUT2D eigenvalue weighted by Crippen LogP contribution is -2.15. The van der Waals surface area contributed by atoms with Crippen LogP contribution in [-0.4, -0.2) is 26.8 Å². The number of carbonyl (C=O) groups is 1. The molecule has 1 N–H and O–H groups in total. The van der Waals surface area contributed by atoms with Gasteiger partial charge in [0.05, 0.1) is 21.2 Å². The van der Waals surface area contributed by atoms with E-state index in [1.165, 1.54) is 35.2 Å². The van der Waals surface area contributed by atoms with Crippen LogP contribution in [0.4, 0.5) is 11.4 Å². The van der Waals surface area contributed by atoms with Gasteiger partial charge in [-0.15, -0.1) is 21.5 Å². The molecule has 0 spiro atoms. The fourth-order valence-corrected chi connectivity index (χ4v) is 4.38. The van der Waals surface area contributed by atoms with Gasteiger partial charge in [0.15, 0.2) is 9.35 Å². The smallest absolute Gasteiger partial charge is 0.271 e. The van der Waals surface area contributed by atoms with Crippen LogP contribution in [0.25, 0.3) is 9.88 Å². The number of aromatic nitrogens is 2. The molecular weight excluding hydrogens is 380 g/mol. The highest BCUT2D eigenvalue weighted by molar-refractivity contribution is 8.01. The SMILES string of the molecule is Cc1ccc([N+](=O)[O-])cc1NC(=O)CSc1nnc(-c2cccs2)s1. The Morgan fingerprint density at radius 1 is 1.36 bits per heavy atom. The molecule has 0 aliphatic carbocycles. The first kappa shape index (κ1) is 17.5. The second-order valence-electron chi connectivity index (χ2n) is 4.94. The Labute approximate surface area is 155 Å². The van der Waals surface area contributed by atoms with E-state index in [1.54, 1.807) is 24.3 Å². The van der Waals surface area contributed by atoms with Gasteiger partial charge in [0.1, 0.15) is 0 Å². The summed E-state index contributed by atoms with van der Waals surface area (Å²) in [6.45, 7) is 1.78. The highest BCUT2D eigenvalue weighted by Crippen LogP contribution is 2.32. The maximum absolute atomic E-state index is 12.1. The van der Waals surface area contributed by atoms with Gasteiger partial charge in [-0.05, 0) is 23.9 Å². The number of nitro groups is 1. The molecule has 2 heterocycles. The number of rotatable bonds is 6. The summed E-state index contributed by atoms with van der Waals surface area (Å²) in [5.74, 6) is -0.0947. The number of nitrogens with one attached hydrogen (secondary N) is 1. The minimum atomic E-state index is -0.489. The number of aryl methyl sites for hydroxylation is 1. The number of benzene rings is 1. The van der Waals surface area contributed by atoms with Gasteiger partial charge in [-0.25, -0.2) is 0 Å². The predicted octanol–water partition coefficient (Wildman–Crippen LogP) is 4.21. The lowest BCUT2D eigenvalue weighted by molar-refractivity contribution is -0.384. The van der Waals surface area contributed by atoms with Gasteiger partial charge in [0.2, 0.25) is 5.91 Å². The summed E-state index contributed by atoms with van der Waals surface area (Å²) in [5.41, 5.74) is 1.15. The summed E-state index contributed by atoms with van der Waals surface area (Å²) >= 11 is 4.30. The Morgan fingerprint density at radius 2 is 2.20 bits per heavy atom. The van der Waals surface area contributed by atoms with Crippen molar-refractivity contribution in [1.29, 1.82) is 0 Å². The summed E-state index contributed by atoms with van der Waals surface area (Å²) in [6, 6.07) is 8.30. The molecule has 1 aromatic carbocycles. The number of hydrogen-bond donors (Lipinski definition) is 1. The summed E-state index contributed by atoms with van der Waals surface area (Å²) in [6.07, 6.45) is 0. The van der Waals surface area contributed by atoms with Gasteiger partial charge < -0.3 is 5.32 Å². The van der Waals surface area contributed by atoms with Crippen LogP contribution in [-0.2, 0) is 4.79 Å². The zero-order chi connectivity index (χ0) is 17.8. The first-order valence-corrected chi connectivity index (χ1v) is 9.76. The van der Waals surface area contributed by atoms with E-state index in [4.69, 9.17) is 0 Å². The van der Waals surface area contributed by atoms with Gasteiger partial charge in [-0.2, -0.15) is 0 Å². The molecule has 0 radical (unpaired) electrons. The van der Waals surface area contributed by atoms with Crippen LogP contribution in [0.15, 0.2) is 40.1 Å². The number of thiophene rings is 1. The van der Waals surface area contributed by atoms with Crippen LogP contribution >= 0.6 is 34.4 Å². The van der Waals surface area contributed by atoms with Gasteiger partial charge in [-0.1, -0.05) is 35.2 Å². The molecular formula is C15H12N4O3S3. The number of hydrogen-bond acceptors (Lipinski definition) is 8. The van der Waals surface area contributed by atoms with E-state index in [0.717, 1.165) is 15.4 Å². The van der Waals surface area contributed by atoms with Crippen molar-refractivity contribution < 1.29 is 9.72 Å². The lowest BCUT2D eigenvalue weighted by Gasteiger charge is -2.07. The van der Waals surface area contributed by atoms with E-state index in [9.17, 15) is 14.9 Å². The monoisotopic (exact) mass is 392 g/mol. The molecule has 3 rings (SSSR count). The summed E-state index contributed by atoms with van der Waals surface area (Å²) in [4.78, 5) is 23.5. The van der Waals surface area contributed by atoms with Gasteiger partial charge in [0.25, 0.3) is 5.69 Å². The molecule has 0 atom stereocenters. The molecule has 3 aromatic rings. The molecule has 128 valence electrons. The zero-order valence-corrected chi connectivity index (χ0v) is 15.4. The number of nitrogens with zero attached hydrogens (tertiary/aromatic N) is 3. The van der Waals surface area contributed by atoms with Crippen LogP contribution in [0, 0.1) is 17.0 Å². The first-order chi connectivity index (χ1) is 12.0. The molecule has 10 heteroatoms. The van der Waals surface area contributed by atoms with Crippen molar-refractivity contribution in [3.05, 3.63) is 51.4 Å². The van der Waals surface area contributed by atoms with E-state index >= 15 is 0 Å². The summed E-state index contributed by atoms with van der Waals surface area (Å²) in [5, 5.41) is 24.5. The molecule has 0 saturated carbocycles. The fraction of sp³-hybridized carbons (Fsp3) is 0.133. The van der Waals surface area contributed by atoms with Crippen LogP contribution in [0.3, 0.4) is 0 Å². The van der Waals surface area contributed by atoms with E-state index in [0.29, 0.717) is 10.0 Å². The number of thioether (sulfide) groups is 1. The maximum atomic E-state index is 12.1. The Kier molecular flexibility index (Phi) is 5.41. The Morgan fingerprint density at radius 3 is 2.92 bits per heavy atom. The third kappa shape index (κ3) is 4.41. The quantitative estimate of drug-likeness (QED) is 0.383. The molecule has 7 nitrogen and oxygen atoms in total. The van der Waals surface area contributed by atoms with Crippen LogP contribution in [0.2, 0.25) is 0 Å². The highest BCUT2D eigenvalue weighted by atomic mass is 32.2. The molecule has 2 aromatic heterocycles. The molecule has 25 heavy (non-hydrogen) atoms. The van der Waals surface area contributed by atoms with Crippen molar-refractivity contribution in [3.63, 3.8) is 0 Å². The van der Waals surface area contributed by atoms with E-state index in [1.807, 2.05) is 17.5 Å². The average molecular weight is 392 g/mol. The van der Waals surface area contributed by atoms with E-state index in [2.05, 4.69) is 15.5 Å². The minimum absolute atomic E-state index is 0.0572. The summed E-state index contributed by atoms with van der Waals surface area (Å²) < 4.78 is 0.703. The number of nitro benzene ring substituents is 1. The average Bonchev–Trinajstić information content (AvgIpc) is 3.26. The third-order valence-electron chi connectivity index (χ3n) is 3.17. The number of amides is 1. The number of carbonyl (C=O) groups excluding carboxylic acids is 1. The highest BCUT2D eigenvalue weighted by Gasteiger charge is 2.13. The minimum Gasteiger partial charge on any atom is -0.325 e. The zero-order valence-electron chi connectivity index (χ0n) is 13.0. The van der Waals surface area contributed by atoms with Crippen molar-refractivity contribution in [2.24, 2.45) is 0 Å². The fourth-order valence-electron chi connectivity index (χ4n) is 1.94. The van der Waals surface area contributed by atoms with Gasteiger partial charge >= 0.3 is 0 Å². The van der Waals surface area contributed by atoms with Crippen LogP contribution in [0.1, 0.15) is 5.56 Å². The van der Waals surface area contributed by atoms with Crippen LogP contribution < -0.4 is 5.32 Å². The topological polar surface area (TPSA) is 98.0 Å². The largest absolute Gasteiger partial charge is 0.325 e. The Hall–Kier alpha value is -2.30. The van der Waals surface area contributed by atoms with Crippen molar-refractivity contribution >= 4 is 51.7 Å². The molecule has 0 bridgehead atoms. The number of anilines is 1. The number of non-ortho nitro benzene ring substituents is 1. The van der Waals surface area contributed by atoms with E-state index < -0.39 is 4.92 Å². The molecule has 0 aliphatic heterocycles. The normalized spacial score (nSPS) is 10.6. The molecule has 0 saturated heterocycles. The van der Waals surface area contributed by atoms with E-state index in [-0.39, 0.29) is 17.3 Å². The van der Waals surface area contributed by atoms with Crippen molar-refractivity contribution in [2.75, 3.05) is 11.1 Å². The molecule has 1 amide bonds. The second kappa shape index (κ2) is 7.72. The Balaban J connectivity index is 1.60. The van der Waals surface area contributed by atoms with Crippen LogP contribution in [0.5, 0.6) is 0 Å². The molecule has 0 aliphatic rings. The second-order valence-corrected chi connectivity index (χ2v) is 8.09. The van der Waals surface area contributed by atoms with Gasteiger partial charge in [0, 0.05) is 12.1 Å². The van der Waals surface area contributed by atoms with Gasteiger partial charge in [-0.3, -0.25) is 14.9 Å². The van der Waals surface area contributed by atoms with Crippen molar-refractivity contribution in [2.45, 2.75) is 11.3 Å². The lowest BCUT2D eigenvalue weighted by atomic mass is 10.2. The standard InChI is InChI=1S/C15H12N4O3S3/c1-9-4-5-10(19(21)22)7-11(9)16-13(20)8-24-15-18-17-14(25-15)12-3-2-6-23-12/h2-7H,8H2,1H3,(H,16,20). The van der Waals surface area contributed by atoms with Crippen molar-refractivity contribution in [1.82, 2.24) is 10.2 Å². The first-order valence-electron chi connectivity index (χ1n) is 7.08. The maximum Gasteiger partial charge on any atom is 0.271 e.